The molecule has 1 rings (SSSR count). The van der Waals surface area contributed by atoms with E-state index in [1.807, 2.05) is 20.2 Å². The molecule has 0 spiro atoms. The van der Waals surface area contributed by atoms with E-state index in [4.69, 9.17) is 11.6 Å². The molecule has 1 atom stereocenters. The van der Waals surface area contributed by atoms with Gasteiger partial charge in [-0.05, 0) is 31.0 Å². The molecule has 0 bridgehead atoms. The summed E-state index contributed by atoms with van der Waals surface area (Å²) in [5.74, 6) is 0. The molecule has 7 heteroatoms. The zero-order valence-corrected chi connectivity index (χ0v) is 13.6. The van der Waals surface area contributed by atoms with E-state index in [9.17, 15) is 8.42 Å². The average Bonchev–Trinajstić information content (AvgIpc) is 2.38. The molecule has 1 aromatic rings. The van der Waals surface area contributed by atoms with Crippen LogP contribution in [0.1, 0.15) is 12.5 Å². The normalized spacial score (nSPS) is 13.5. The smallest absolute Gasteiger partial charge is 0.240 e. The molecule has 0 aliphatic rings. The van der Waals surface area contributed by atoms with Gasteiger partial charge in [-0.1, -0.05) is 24.6 Å². The Kier molecular flexibility index (Phi) is 6.62. The molecule has 0 radical (unpaired) electrons. The Labute approximate surface area is 124 Å². The van der Waals surface area contributed by atoms with Crippen LogP contribution in [0, 0.1) is 0 Å². The first-order valence-corrected chi connectivity index (χ1v) is 9.01. The van der Waals surface area contributed by atoms with E-state index >= 15 is 0 Å². The Morgan fingerprint density at radius 3 is 2.63 bits per heavy atom. The Morgan fingerprint density at radius 1 is 1.42 bits per heavy atom. The van der Waals surface area contributed by atoms with Gasteiger partial charge in [-0.25, -0.2) is 13.1 Å². The Bertz CT molecular complexity index is 520. The maximum absolute atomic E-state index is 12.1. The molecule has 0 aliphatic carbocycles. The van der Waals surface area contributed by atoms with Gasteiger partial charge in [0.05, 0.1) is 4.90 Å². The highest BCUT2D eigenvalue weighted by Crippen LogP contribution is 2.21. The van der Waals surface area contributed by atoms with Crippen molar-refractivity contribution in [2.24, 2.45) is 0 Å². The number of halogens is 1. The van der Waals surface area contributed by atoms with Crippen LogP contribution in [0.4, 0.5) is 0 Å². The van der Waals surface area contributed by atoms with Gasteiger partial charge in [0.1, 0.15) is 0 Å². The van der Waals surface area contributed by atoms with Crippen molar-refractivity contribution in [1.82, 2.24) is 10.0 Å². The van der Waals surface area contributed by atoms with Crippen molar-refractivity contribution in [3.8, 4) is 0 Å². The lowest BCUT2D eigenvalue weighted by Crippen LogP contribution is -2.29. The first kappa shape index (κ1) is 16.8. The molecule has 0 saturated heterocycles. The minimum absolute atomic E-state index is 0.200. The number of sulfonamides is 1. The van der Waals surface area contributed by atoms with Crippen molar-refractivity contribution in [2.45, 2.75) is 23.6 Å². The topological polar surface area (TPSA) is 58.2 Å². The fourth-order valence-corrected chi connectivity index (χ4v) is 3.25. The van der Waals surface area contributed by atoms with Gasteiger partial charge in [-0.3, -0.25) is 0 Å². The van der Waals surface area contributed by atoms with E-state index < -0.39 is 10.0 Å². The molecule has 0 heterocycles. The number of benzene rings is 1. The maximum Gasteiger partial charge on any atom is 0.240 e. The van der Waals surface area contributed by atoms with Crippen LogP contribution in [0.5, 0.6) is 0 Å². The number of nitrogens with one attached hydrogen (secondary N) is 2. The van der Waals surface area contributed by atoms with Gasteiger partial charge in [-0.15, -0.1) is 0 Å². The largest absolute Gasteiger partial charge is 0.316 e. The number of hydrogen-bond acceptors (Lipinski definition) is 4. The third-order valence-electron chi connectivity index (χ3n) is 2.67. The molecule has 2 N–H and O–H groups in total. The molecule has 108 valence electrons. The predicted octanol–water partition coefficient (Wildman–Crippen LogP) is 2.09. The predicted molar refractivity (Wildman–Crippen MR) is 82.4 cm³/mol. The van der Waals surface area contributed by atoms with Crippen LogP contribution in [0.3, 0.4) is 0 Å². The monoisotopic (exact) mass is 322 g/mol. The third kappa shape index (κ3) is 4.96. The summed E-state index contributed by atoms with van der Waals surface area (Å²) in [6, 6.07) is 4.79. The molecule has 0 amide bonds. The van der Waals surface area contributed by atoms with Gasteiger partial charge in [0.25, 0.3) is 0 Å². The zero-order valence-electron chi connectivity index (χ0n) is 11.2. The summed E-state index contributed by atoms with van der Waals surface area (Å²) in [5, 5.41) is 3.66. The summed E-state index contributed by atoms with van der Waals surface area (Å²) in [7, 11) is -1.68. The summed E-state index contributed by atoms with van der Waals surface area (Å²) >= 11 is 7.68. The minimum atomic E-state index is -3.49. The van der Waals surface area contributed by atoms with Gasteiger partial charge in [0, 0.05) is 23.4 Å². The van der Waals surface area contributed by atoms with E-state index in [1.165, 1.54) is 6.07 Å². The summed E-state index contributed by atoms with van der Waals surface area (Å²) in [6.07, 6.45) is 1.95. The lowest BCUT2D eigenvalue weighted by atomic mass is 10.2. The van der Waals surface area contributed by atoms with E-state index in [1.54, 1.807) is 23.9 Å². The summed E-state index contributed by atoms with van der Waals surface area (Å²) in [4.78, 5) is 0.200. The van der Waals surface area contributed by atoms with Gasteiger partial charge in [-0.2, -0.15) is 11.8 Å². The van der Waals surface area contributed by atoms with Gasteiger partial charge in [0.15, 0.2) is 0 Å². The van der Waals surface area contributed by atoms with Gasteiger partial charge < -0.3 is 5.32 Å². The van der Waals surface area contributed by atoms with E-state index in [-0.39, 0.29) is 10.1 Å². The van der Waals surface area contributed by atoms with Crippen LogP contribution < -0.4 is 10.0 Å². The van der Waals surface area contributed by atoms with Crippen molar-refractivity contribution in [3.05, 3.63) is 28.8 Å². The molecule has 1 unspecified atom stereocenters. The maximum atomic E-state index is 12.1. The van der Waals surface area contributed by atoms with Crippen LogP contribution in [0.2, 0.25) is 5.02 Å². The van der Waals surface area contributed by atoms with Crippen LogP contribution >= 0.6 is 23.4 Å². The molecular weight excluding hydrogens is 304 g/mol. The summed E-state index contributed by atoms with van der Waals surface area (Å²) in [6.45, 7) is 2.98. The second-order valence-corrected chi connectivity index (χ2v) is 7.63. The molecule has 0 aromatic heterocycles. The van der Waals surface area contributed by atoms with Crippen LogP contribution in [0.25, 0.3) is 0 Å². The molecule has 0 fully saturated rings. The van der Waals surface area contributed by atoms with Crippen molar-refractivity contribution in [3.63, 3.8) is 0 Å². The van der Waals surface area contributed by atoms with Gasteiger partial charge in [0.2, 0.25) is 10.0 Å². The van der Waals surface area contributed by atoms with Crippen molar-refractivity contribution >= 4 is 33.4 Å². The second-order valence-electron chi connectivity index (χ2n) is 4.18. The second kappa shape index (κ2) is 7.50. The SMILES string of the molecule is CNCc1ccc(S(=O)(=O)NCC(C)SC)cc1Cl. The number of hydrogen-bond donors (Lipinski definition) is 2. The Hall–Kier alpha value is -0.270. The van der Waals surface area contributed by atoms with Crippen LogP contribution in [0.15, 0.2) is 23.1 Å². The highest BCUT2D eigenvalue weighted by atomic mass is 35.5. The zero-order chi connectivity index (χ0) is 14.5. The molecule has 19 heavy (non-hydrogen) atoms. The lowest BCUT2D eigenvalue weighted by molar-refractivity contribution is 0.581. The number of rotatable bonds is 7. The fraction of sp³-hybridized carbons (Fsp3) is 0.500. The van der Waals surface area contributed by atoms with Gasteiger partial charge >= 0.3 is 0 Å². The molecule has 4 nitrogen and oxygen atoms in total. The summed E-state index contributed by atoms with van der Waals surface area (Å²) < 4.78 is 26.7. The van der Waals surface area contributed by atoms with E-state index in [2.05, 4.69) is 10.0 Å². The van der Waals surface area contributed by atoms with Crippen molar-refractivity contribution in [2.75, 3.05) is 19.8 Å². The lowest BCUT2D eigenvalue weighted by Gasteiger charge is -2.12. The Balaban J connectivity index is 2.87. The first-order chi connectivity index (χ1) is 8.90. The van der Waals surface area contributed by atoms with Crippen molar-refractivity contribution in [1.29, 1.82) is 0 Å². The molecule has 1 aromatic carbocycles. The highest BCUT2D eigenvalue weighted by Gasteiger charge is 2.16. The molecule has 0 saturated carbocycles. The summed E-state index contributed by atoms with van der Waals surface area (Å²) in [5.41, 5.74) is 0.876. The first-order valence-electron chi connectivity index (χ1n) is 5.86. The standard InChI is InChI=1S/C12H19ClN2O2S2/c1-9(18-3)7-15-19(16,17)11-5-4-10(8-14-2)12(13)6-11/h4-6,9,14-15H,7-8H2,1-3H3. The Morgan fingerprint density at radius 2 is 2.11 bits per heavy atom. The van der Waals surface area contributed by atoms with Crippen molar-refractivity contribution < 1.29 is 8.42 Å². The average molecular weight is 323 g/mol. The van der Waals surface area contributed by atoms with E-state index in [0.717, 1.165) is 5.56 Å². The fourth-order valence-electron chi connectivity index (χ4n) is 1.42. The molecular formula is C12H19ClN2O2S2. The highest BCUT2D eigenvalue weighted by molar-refractivity contribution is 7.99. The third-order valence-corrected chi connectivity index (χ3v) is 5.41. The van der Waals surface area contributed by atoms with E-state index in [0.29, 0.717) is 18.1 Å². The minimum Gasteiger partial charge on any atom is -0.316 e. The van der Waals surface area contributed by atoms with Crippen LogP contribution in [-0.2, 0) is 16.6 Å². The number of thioether (sulfide) groups is 1. The van der Waals surface area contributed by atoms with Crippen LogP contribution in [-0.4, -0.2) is 33.5 Å². The molecule has 0 aliphatic heterocycles. The quantitative estimate of drug-likeness (QED) is 0.807.